The highest BCUT2D eigenvalue weighted by Gasteiger charge is 2.22. The van der Waals surface area contributed by atoms with Gasteiger partial charge in [-0.05, 0) is 38.5 Å². The maximum Gasteiger partial charge on any atom is 0.109 e. The molecular formula is C12H18N2. The fourth-order valence-electron chi connectivity index (χ4n) is 2.87. The van der Waals surface area contributed by atoms with Gasteiger partial charge in [-0.25, -0.2) is 4.98 Å². The topological polar surface area (TPSA) is 28.7 Å². The predicted octanol–water partition coefficient (Wildman–Crippen LogP) is 2.95. The number of nitrogens with one attached hydrogen (secondary N) is 1. The number of hydrogen-bond acceptors (Lipinski definition) is 1. The number of hydrogen-bond donors (Lipinski definition) is 1. The second-order valence-corrected chi connectivity index (χ2v) is 4.74. The number of H-pyrrole nitrogens is 1. The summed E-state index contributed by atoms with van der Waals surface area (Å²) in [4.78, 5) is 8.34. The minimum Gasteiger partial charge on any atom is -0.345 e. The van der Waals surface area contributed by atoms with Crippen LogP contribution in [-0.4, -0.2) is 9.97 Å². The van der Waals surface area contributed by atoms with Gasteiger partial charge in [-0.1, -0.05) is 12.8 Å². The molecule has 1 fully saturated rings. The summed E-state index contributed by atoms with van der Waals surface area (Å²) in [5, 5.41) is 0. The number of fused-ring (bicyclic) bond motifs is 1. The summed E-state index contributed by atoms with van der Waals surface area (Å²) in [5.41, 5.74) is 2.82. The number of aromatic amines is 1. The van der Waals surface area contributed by atoms with Crippen LogP contribution >= 0.6 is 0 Å². The van der Waals surface area contributed by atoms with Gasteiger partial charge in [0.2, 0.25) is 0 Å². The lowest BCUT2D eigenvalue weighted by Gasteiger charge is -2.07. The molecule has 76 valence electrons. The molecule has 1 saturated carbocycles. The van der Waals surface area contributed by atoms with Crippen LogP contribution < -0.4 is 0 Å². The van der Waals surface area contributed by atoms with Crippen molar-refractivity contribution in [1.29, 1.82) is 0 Å². The van der Waals surface area contributed by atoms with E-state index in [-0.39, 0.29) is 0 Å². The molecule has 1 aromatic rings. The number of nitrogens with zero attached hydrogens (tertiary/aromatic N) is 1. The third-order valence-corrected chi connectivity index (χ3v) is 3.71. The molecule has 0 atom stereocenters. The van der Waals surface area contributed by atoms with E-state index >= 15 is 0 Å². The van der Waals surface area contributed by atoms with Crippen molar-refractivity contribution in [1.82, 2.24) is 9.97 Å². The van der Waals surface area contributed by atoms with Gasteiger partial charge in [0.1, 0.15) is 5.82 Å². The molecule has 2 aliphatic rings. The molecule has 2 aliphatic carbocycles. The van der Waals surface area contributed by atoms with Crippen LogP contribution in [0, 0.1) is 0 Å². The summed E-state index contributed by atoms with van der Waals surface area (Å²) in [6.45, 7) is 0. The van der Waals surface area contributed by atoms with Gasteiger partial charge in [0.25, 0.3) is 0 Å². The third-order valence-electron chi connectivity index (χ3n) is 3.71. The lowest BCUT2D eigenvalue weighted by atomic mass is 10.0. The summed E-state index contributed by atoms with van der Waals surface area (Å²) in [6, 6.07) is 0. The van der Waals surface area contributed by atoms with Crippen LogP contribution in [0.15, 0.2) is 0 Å². The molecule has 1 heterocycles. The standard InChI is InChI=1S/C12H18N2/c1-2-6-9(5-1)12-13-10-7-3-4-8-11(10)14-12/h9H,1-8H2,(H,13,14). The molecule has 1 N–H and O–H groups in total. The zero-order valence-electron chi connectivity index (χ0n) is 8.68. The summed E-state index contributed by atoms with van der Waals surface area (Å²) in [6.07, 6.45) is 10.6. The lowest BCUT2D eigenvalue weighted by molar-refractivity contribution is 0.667. The van der Waals surface area contributed by atoms with E-state index in [2.05, 4.69) is 4.98 Å². The van der Waals surface area contributed by atoms with Crippen molar-refractivity contribution in [2.45, 2.75) is 57.3 Å². The highest BCUT2D eigenvalue weighted by Crippen LogP contribution is 2.33. The Morgan fingerprint density at radius 3 is 2.57 bits per heavy atom. The van der Waals surface area contributed by atoms with Crippen molar-refractivity contribution in [3.8, 4) is 0 Å². The highest BCUT2D eigenvalue weighted by molar-refractivity contribution is 5.19. The molecule has 0 saturated heterocycles. The van der Waals surface area contributed by atoms with Gasteiger partial charge in [0.05, 0.1) is 5.69 Å². The second-order valence-electron chi connectivity index (χ2n) is 4.74. The molecule has 0 spiro atoms. The molecular weight excluding hydrogens is 172 g/mol. The van der Waals surface area contributed by atoms with E-state index < -0.39 is 0 Å². The Morgan fingerprint density at radius 1 is 1.00 bits per heavy atom. The minimum atomic E-state index is 0.751. The zero-order valence-corrected chi connectivity index (χ0v) is 8.68. The molecule has 0 radical (unpaired) electrons. The maximum absolute atomic E-state index is 4.78. The van der Waals surface area contributed by atoms with Gasteiger partial charge in [0.15, 0.2) is 0 Å². The lowest BCUT2D eigenvalue weighted by Crippen LogP contribution is -2.00. The summed E-state index contributed by atoms with van der Waals surface area (Å²) >= 11 is 0. The molecule has 0 aromatic carbocycles. The average Bonchev–Trinajstić information content (AvgIpc) is 2.86. The second kappa shape index (κ2) is 3.41. The fraction of sp³-hybridized carbons (Fsp3) is 0.750. The van der Waals surface area contributed by atoms with E-state index in [0.29, 0.717) is 0 Å². The Morgan fingerprint density at radius 2 is 1.79 bits per heavy atom. The minimum absolute atomic E-state index is 0.751. The van der Waals surface area contributed by atoms with E-state index in [1.807, 2.05) is 0 Å². The fourth-order valence-corrected chi connectivity index (χ4v) is 2.87. The first-order valence-electron chi connectivity index (χ1n) is 6.01. The quantitative estimate of drug-likeness (QED) is 0.724. The van der Waals surface area contributed by atoms with Crippen LogP contribution in [0.1, 0.15) is 61.7 Å². The van der Waals surface area contributed by atoms with Crippen LogP contribution in [-0.2, 0) is 12.8 Å². The molecule has 3 rings (SSSR count). The smallest absolute Gasteiger partial charge is 0.109 e. The van der Waals surface area contributed by atoms with E-state index in [4.69, 9.17) is 4.98 Å². The average molecular weight is 190 g/mol. The van der Waals surface area contributed by atoms with Gasteiger partial charge >= 0.3 is 0 Å². The van der Waals surface area contributed by atoms with Gasteiger partial charge < -0.3 is 4.98 Å². The van der Waals surface area contributed by atoms with Crippen molar-refractivity contribution in [2.24, 2.45) is 0 Å². The van der Waals surface area contributed by atoms with Crippen LogP contribution in [0.2, 0.25) is 0 Å². The zero-order chi connectivity index (χ0) is 9.38. The third kappa shape index (κ3) is 1.37. The Hall–Kier alpha value is -0.790. The summed E-state index contributed by atoms with van der Waals surface area (Å²) in [7, 11) is 0. The largest absolute Gasteiger partial charge is 0.345 e. The Labute approximate surface area is 85.1 Å². The molecule has 0 unspecified atom stereocenters. The molecule has 0 aliphatic heterocycles. The Balaban J connectivity index is 1.87. The van der Waals surface area contributed by atoms with Crippen LogP contribution in [0.25, 0.3) is 0 Å². The van der Waals surface area contributed by atoms with Gasteiger partial charge in [-0.15, -0.1) is 0 Å². The van der Waals surface area contributed by atoms with Gasteiger partial charge in [-0.3, -0.25) is 0 Å². The van der Waals surface area contributed by atoms with Crippen LogP contribution in [0.5, 0.6) is 0 Å². The molecule has 0 amide bonds. The van der Waals surface area contributed by atoms with Crippen molar-refractivity contribution < 1.29 is 0 Å². The van der Waals surface area contributed by atoms with Gasteiger partial charge in [0, 0.05) is 11.6 Å². The van der Waals surface area contributed by atoms with Crippen LogP contribution in [0.4, 0.5) is 0 Å². The van der Waals surface area contributed by atoms with Crippen molar-refractivity contribution in [3.05, 3.63) is 17.2 Å². The van der Waals surface area contributed by atoms with Crippen molar-refractivity contribution >= 4 is 0 Å². The number of aryl methyl sites for hydroxylation is 2. The maximum atomic E-state index is 4.78. The van der Waals surface area contributed by atoms with E-state index in [0.717, 1.165) is 5.92 Å². The molecule has 1 aromatic heterocycles. The first-order chi connectivity index (χ1) is 6.93. The normalized spacial score (nSPS) is 22.6. The Bertz CT molecular complexity index is 298. The predicted molar refractivity (Wildman–Crippen MR) is 56.4 cm³/mol. The van der Waals surface area contributed by atoms with Gasteiger partial charge in [-0.2, -0.15) is 0 Å². The Kier molecular flexibility index (Phi) is 2.07. The highest BCUT2D eigenvalue weighted by atomic mass is 14.9. The molecule has 2 nitrogen and oxygen atoms in total. The number of rotatable bonds is 1. The van der Waals surface area contributed by atoms with E-state index in [9.17, 15) is 0 Å². The van der Waals surface area contributed by atoms with Crippen molar-refractivity contribution in [2.75, 3.05) is 0 Å². The number of imidazole rings is 1. The molecule has 0 bridgehead atoms. The monoisotopic (exact) mass is 190 g/mol. The summed E-state index contributed by atoms with van der Waals surface area (Å²) < 4.78 is 0. The van der Waals surface area contributed by atoms with E-state index in [1.54, 1.807) is 0 Å². The SMILES string of the molecule is C1CCc2[nH]c(C3CCCC3)nc2C1. The first kappa shape index (κ1) is 8.51. The van der Waals surface area contributed by atoms with E-state index in [1.165, 1.54) is 68.6 Å². The first-order valence-corrected chi connectivity index (χ1v) is 6.01. The number of aromatic nitrogens is 2. The summed E-state index contributed by atoms with van der Waals surface area (Å²) in [5.74, 6) is 2.05. The molecule has 2 heteroatoms. The molecule has 14 heavy (non-hydrogen) atoms. The van der Waals surface area contributed by atoms with Crippen LogP contribution in [0.3, 0.4) is 0 Å². The van der Waals surface area contributed by atoms with Crippen molar-refractivity contribution in [3.63, 3.8) is 0 Å².